The lowest BCUT2D eigenvalue weighted by molar-refractivity contribution is -0.125. The Morgan fingerprint density at radius 3 is 2.39 bits per heavy atom. The summed E-state index contributed by atoms with van der Waals surface area (Å²) in [6.45, 7) is 0.496. The van der Waals surface area contributed by atoms with E-state index in [0.717, 1.165) is 22.6 Å². The van der Waals surface area contributed by atoms with Crippen LogP contribution in [-0.4, -0.2) is 32.1 Å². The van der Waals surface area contributed by atoms with Crippen molar-refractivity contribution in [1.82, 2.24) is 4.90 Å². The number of methoxy groups -OCH3 is 2. The number of nitrogens with zero attached hydrogens (tertiary/aromatic N) is 1. The smallest absolute Gasteiger partial charge is 0.246 e. The Kier molecular flexibility index (Phi) is 5.80. The van der Waals surface area contributed by atoms with Crippen LogP contribution in [0.25, 0.3) is 6.08 Å². The van der Waals surface area contributed by atoms with E-state index >= 15 is 0 Å². The van der Waals surface area contributed by atoms with E-state index in [9.17, 15) is 4.79 Å². The maximum Gasteiger partial charge on any atom is 0.246 e. The highest BCUT2D eigenvalue weighted by molar-refractivity contribution is 5.91. The Balaban J connectivity index is 2.00. The highest BCUT2D eigenvalue weighted by Gasteiger charge is 2.09. The summed E-state index contributed by atoms with van der Waals surface area (Å²) in [5.74, 6) is 1.51. The molecule has 2 aromatic rings. The molecular formula is C19H21NO3. The molecule has 0 saturated carbocycles. The largest absolute Gasteiger partial charge is 0.497 e. The van der Waals surface area contributed by atoms with E-state index in [-0.39, 0.29) is 5.91 Å². The Morgan fingerprint density at radius 2 is 1.74 bits per heavy atom. The molecular weight excluding hydrogens is 290 g/mol. The molecule has 0 heterocycles. The Morgan fingerprint density at radius 1 is 1.04 bits per heavy atom. The number of carbonyl (C=O) groups is 1. The third kappa shape index (κ3) is 4.61. The maximum absolute atomic E-state index is 12.2. The molecule has 2 rings (SSSR count). The molecule has 4 heteroatoms. The minimum absolute atomic E-state index is 0.0632. The predicted molar refractivity (Wildman–Crippen MR) is 91.5 cm³/mol. The molecule has 0 radical (unpaired) electrons. The molecule has 2 aromatic carbocycles. The van der Waals surface area contributed by atoms with E-state index in [0.29, 0.717) is 6.54 Å². The summed E-state index contributed by atoms with van der Waals surface area (Å²) in [5.41, 5.74) is 1.92. The van der Waals surface area contributed by atoms with Crippen LogP contribution in [0.3, 0.4) is 0 Å². The fraction of sp³-hybridized carbons (Fsp3) is 0.211. The van der Waals surface area contributed by atoms with Crippen LogP contribution in [0.1, 0.15) is 11.1 Å². The zero-order valence-corrected chi connectivity index (χ0v) is 13.7. The van der Waals surface area contributed by atoms with Crippen LogP contribution in [-0.2, 0) is 11.3 Å². The molecule has 0 aliphatic carbocycles. The van der Waals surface area contributed by atoms with Crippen molar-refractivity contribution in [3.05, 3.63) is 65.7 Å². The van der Waals surface area contributed by atoms with Gasteiger partial charge in [0.25, 0.3) is 0 Å². The summed E-state index contributed by atoms with van der Waals surface area (Å²) in [7, 11) is 5.03. The Bertz CT molecular complexity index is 677. The number of hydrogen-bond donors (Lipinski definition) is 0. The van der Waals surface area contributed by atoms with Gasteiger partial charge in [-0.3, -0.25) is 4.79 Å². The molecule has 120 valence electrons. The van der Waals surface area contributed by atoms with Crippen molar-refractivity contribution in [2.75, 3.05) is 21.3 Å². The number of carbonyl (C=O) groups excluding carboxylic acids is 1. The summed E-state index contributed by atoms with van der Waals surface area (Å²) in [6, 6.07) is 15.2. The third-order valence-corrected chi connectivity index (χ3v) is 3.51. The van der Waals surface area contributed by atoms with Crippen molar-refractivity contribution in [3.63, 3.8) is 0 Å². The first kappa shape index (κ1) is 16.6. The zero-order chi connectivity index (χ0) is 16.7. The molecule has 0 aromatic heterocycles. The normalized spacial score (nSPS) is 10.6. The lowest BCUT2D eigenvalue weighted by Gasteiger charge is -2.17. The molecule has 0 saturated heterocycles. The third-order valence-electron chi connectivity index (χ3n) is 3.51. The number of amides is 1. The van der Waals surface area contributed by atoms with Gasteiger partial charge in [0, 0.05) is 25.2 Å². The first-order valence-electron chi connectivity index (χ1n) is 7.33. The molecule has 0 bridgehead atoms. The fourth-order valence-corrected chi connectivity index (χ4v) is 2.18. The van der Waals surface area contributed by atoms with Gasteiger partial charge in [0.1, 0.15) is 11.5 Å². The number of benzene rings is 2. The van der Waals surface area contributed by atoms with Gasteiger partial charge < -0.3 is 14.4 Å². The second-order valence-corrected chi connectivity index (χ2v) is 5.11. The standard InChI is InChI=1S/C19H21NO3/c1-20(14-16-6-4-5-7-18(16)23-3)19(21)13-10-15-8-11-17(22-2)12-9-15/h4-13H,14H2,1-3H3/b13-10+. The van der Waals surface area contributed by atoms with Crippen LogP contribution in [0, 0.1) is 0 Å². The summed E-state index contributed by atoms with van der Waals surface area (Å²) >= 11 is 0. The van der Waals surface area contributed by atoms with Gasteiger partial charge in [0.05, 0.1) is 14.2 Å². The van der Waals surface area contributed by atoms with E-state index in [1.807, 2.05) is 48.5 Å². The molecule has 0 fully saturated rings. The summed E-state index contributed by atoms with van der Waals surface area (Å²) in [6.07, 6.45) is 3.36. The van der Waals surface area contributed by atoms with Crippen molar-refractivity contribution in [1.29, 1.82) is 0 Å². The molecule has 23 heavy (non-hydrogen) atoms. The lowest BCUT2D eigenvalue weighted by atomic mass is 10.2. The monoisotopic (exact) mass is 311 g/mol. The maximum atomic E-state index is 12.2. The van der Waals surface area contributed by atoms with Crippen LogP contribution in [0.5, 0.6) is 11.5 Å². The highest BCUT2D eigenvalue weighted by Crippen LogP contribution is 2.19. The molecule has 0 aliphatic heterocycles. The lowest BCUT2D eigenvalue weighted by Crippen LogP contribution is -2.24. The van der Waals surface area contributed by atoms with Crippen LogP contribution in [0.15, 0.2) is 54.6 Å². The van der Waals surface area contributed by atoms with Crippen molar-refractivity contribution in [3.8, 4) is 11.5 Å². The Labute approximate surface area is 137 Å². The predicted octanol–water partition coefficient (Wildman–Crippen LogP) is 3.38. The average molecular weight is 311 g/mol. The molecule has 0 aliphatic rings. The SMILES string of the molecule is COc1ccc(/C=C/C(=O)N(C)Cc2ccccc2OC)cc1. The van der Waals surface area contributed by atoms with E-state index in [4.69, 9.17) is 9.47 Å². The minimum Gasteiger partial charge on any atom is -0.497 e. The van der Waals surface area contributed by atoms with Gasteiger partial charge in [-0.2, -0.15) is 0 Å². The van der Waals surface area contributed by atoms with Gasteiger partial charge in [0.2, 0.25) is 5.91 Å². The van der Waals surface area contributed by atoms with Crippen LogP contribution in [0.2, 0.25) is 0 Å². The van der Waals surface area contributed by atoms with Crippen molar-refractivity contribution in [2.24, 2.45) is 0 Å². The first-order chi connectivity index (χ1) is 11.1. The molecule has 1 amide bonds. The topological polar surface area (TPSA) is 38.8 Å². The van der Waals surface area contributed by atoms with Gasteiger partial charge >= 0.3 is 0 Å². The highest BCUT2D eigenvalue weighted by atomic mass is 16.5. The Hall–Kier alpha value is -2.75. The fourth-order valence-electron chi connectivity index (χ4n) is 2.18. The van der Waals surface area contributed by atoms with Crippen LogP contribution < -0.4 is 9.47 Å². The number of ether oxygens (including phenoxy) is 2. The second kappa shape index (κ2) is 8.03. The summed E-state index contributed by atoms with van der Waals surface area (Å²) in [4.78, 5) is 13.9. The van der Waals surface area contributed by atoms with E-state index in [1.165, 1.54) is 0 Å². The van der Waals surface area contributed by atoms with Gasteiger partial charge in [-0.05, 0) is 29.8 Å². The van der Waals surface area contributed by atoms with E-state index in [1.54, 1.807) is 38.3 Å². The number of hydrogen-bond acceptors (Lipinski definition) is 3. The van der Waals surface area contributed by atoms with E-state index < -0.39 is 0 Å². The zero-order valence-electron chi connectivity index (χ0n) is 13.7. The number of rotatable bonds is 6. The quantitative estimate of drug-likeness (QED) is 0.768. The van der Waals surface area contributed by atoms with Gasteiger partial charge in [-0.1, -0.05) is 30.3 Å². The van der Waals surface area contributed by atoms with Gasteiger partial charge in [-0.25, -0.2) is 0 Å². The van der Waals surface area contributed by atoms with Crippen molar-refractivity contribution in [2.45, 2.75) is 6.54 Å². The minimum atomic E-state index is -0.0632. The van der Waals surface area contributed by atoms with Crippen LogP contribution >= 0.6 is 0 Å². The number of para-hydroxylation sites is 1. The summed E-state index contributed by atoms with van der Waals surface area (Å²) in [5, 5.41) is 0. The summed E-state index contributed by atoms with van der Waals surface area (Å²) < 4.78 is 10.4. The molecule has 0 unspecified atom stereocenters. The first-order valence-corrected chi connectivity index (χ1v) is 7.33. The van der Waals surface area contributed by atoms with Crippen LogP contribution in [0.4, 0.5) is 0 Å². The van der Waals surface area contributed by atoms with Crippen molar-refractivity contribution >= 4 is 12.0 Å². The molecule has 0 atom stereocenters. The van der Waals surface area contributed by atoms with Gasteiger partial charge in [-0.15, -0.1) is 0 Å². The molecule has 0 N–H and O–H groups in total. The average Bonchev–Trinajstić information content (AvgIpc) is 2.60. The van der Waals surface area contributed by atoms with E-state index in [2.05, 4.69) is 0 Å². The molecule has 4 nitrogen and oxygen atoms in total. The molecule has 0 spiro atoms. The second-order valence-electron chi connectivity index (χ2n) is 5.11. The van der Waals surface area contributed by atoms with Crippen molar-refractivity contribution < 1.29 is 14.3 Å². The van der Waals surface area contributed by atoms with Gasteiger partial charge in [0.15, 0.2) is 0 Å². The number of likely N-dealkylation sites (N-methyl/N-ethyl adjacent to an activating group) is 1.